The lowest BCUT2D eigenvalue weighted by atomic mass is 9.81. The molecule has 0 spiro atoms. The number of rotatable bonds is 9. The van der Waals surface area contributed by atoms with Crippen molar-refractivity contribution < 1.29 is 23.4 Å². The summed E-state index contributed by atoms with van der Waals surface area (Å²) in [5.74, 6) is -2.54. The summed E-state index contributed by atoms with van der Waals surface area (Å²) in [7, 11) is 0. The van der Waals surface area contributed by atoms with Gasteiger partial charge in [0.15, 0.2) is 0 Å². The van der Waals surface area contributed by atoms with Crippen LogP contribution in [0.15, 0.2) is 71.1 Å². The molecule has 220 valence electrons. The number of nitriles is 1. The number of carbonyl (C=O) groups excluding carboxylic acids is 1. The molecule has 0 saturated carbocycles. The molecule has 4 aromatic rings. The van der Waals surface area contributed by atoms with Gasteiger partial charge in [-0.25, -0.2) is 13.8 Å². The van der Waals surface area contributed by atoms with E-state index in [-0.39, 0.29) is 24.5 Å². The molecule has 1 aromatic heterocycles. The van der Waals surface area contributed by atoms with Crippen molar-refractivity contribution in [1.82, 2.24) is 14.9 Å². The number of esters is 1. The van der Waals surface area contributed by atoms with Gasteiger partial charge >= 0.3 is 5.97 Å². The average Bonchev–Trinajstić information content (AvgIpc) is 3.64. The molecule has 2 heterocycles. The second-order valence-corrected chi connectivity index (χ2v) is 11.5. The molecule has 1 N–H and O–H groups in total. The van der Waals surface area contributed by atoms with E-state index in [0.717, 1.165) is 23.3 Å². The molecule has 0 radical (unpaired) electrons. The first kappa shape index (κ1) is 30.1. The molecule has 1 aliphatic rings. The van der Waals surface area contributed by atoms with E-state index in [2.05, 4.69) is 11.2 Å². The molecular formula is C31H26ClF2N5O3S. The normalized spacial score (nSPS) is 14.8. The Labute approximate surface area is 256 Å². The molecule has 1 aliphatic heterocycles. The highest BCUT2D eigenvalue weighted by molar-refractivity contribution is 7.10. The van der Waals surface area contributed by atoms with Crippen LogP contribution in [0.1, 0.15) is 41.5 Å². The Bertz CT molecular complexity index is 1730. The van der Waals surface area contributed by atoms with E-state index in [1.807, 2.05) is 10.3 Å². The van der Waals surface area contributed by atoms with Crippen molar-refractivity contribution in [2.45, 2.75) is 31.9 Å². The largest absolute Gasteiger partial charge is 0.425 e. The van der Waals surface area contributed by atoms with Gasteiger partial charge in [-0.15, -0.1) is 11.3 Å². The van der Waals surface area contributed by atoms with Gasteiger partial charge in [0.2, 0.25) is 0 Å². The zero-order valence-electron chi connectivity index (χ0n) is 23.2. The summed E-state index contributed by atoms with van der Waals surface area (Å²) in [6.45, 7) is 3.62. The highest BCUT2D eigenvalue weighted by Crippen LogP contribution is 2.41. The van der Waals surface area contributed by atoms with Crippen molar-refractivity contribution >= 4 is 35.2 Å². The summed E-state index contributed by atoms with van der Waals surface area (Å²) < 4.78 is 34.1. The number of ether oxygens (including phenoxy) is 1. The van der Waals surface area contributed by atoms with E-state index in [1.165, 1.54) is 24.3 Å². The molecule has 0 fully saturated rings. The second-order valence-electron chi connectivity index (χ2n) is 10.2. The minimum Gasteiger partial charge on any atom is -0.425 e. The van der Waals surface area contributed by atoms with Crippen LogP contribution in [0.2, 0.25) is 5.02 Å². The number of aromatic nitrogens is 1. The minimum absolute atomic E-state index is 0.0713. The lowest BCUT2D eigenvalue weighted by Gasteiger charge is -2.36. The number of hydrazone groups is 1. The Morgan fingerprint density at radius 2 is 1.98 bits per heavy atom. The molecule has 0 amide bonds. The predicted octanol–water partition coefficient (Wildman–Crippen LogP) is 6.25. The van der Waals surface area contributed by atoms with Gasteiger partial charge in [0.05, 0.1) is 33.9 Å². The smallest absolute Gasteiger partial charge is 0.308 e. The van der Waals surface area contributed by atoms with Gasteiger partial charge in [-0.1, -0.05) is 42.8 Å². The molecule has 43 heavy (non-hydrogen) atoms. The Kier molecular flexibility index (Phi) is 8.73. The fourth-order valence-corrected chi connectivity index (χ4v) is 6.05. The van der Waals surface area contributed by atoms with Gasteiger partial charge < -0.3 is 14.7 Å². The van der Waals surface area contributed by atoms with Crippen LogP contribution in [0.25, 0.3) is 11.3 Å². The number of aliphatic hydroxyl groups is 1. The Balaban J connectivity index is 1.37. The van der Waals surface area contributed by atoms with Crippen LogP contribution < -0.4 is 4.74 Å². The third kappa shape index (κ3) is 6.67. The lowest BCUT2D eigenvalue weighted by Crippen LogP contribution is -2.44. The van der Waals surface area contributed by atoms with Crippen molar-refractivity contribution in [1.29, 1.82) is 5.26 Å². The second kappa shape index (κ2) is 12.5. The predicted molar refractivity (Wildman–Crippen MR) is 159 cm³/mol. The number of hydrogen-bond donors (Lipinski definition) is 1. The number of nitrogens with zero attached hydrogens (tertiary/aromatic N) is 5. The van der Waals surface area contributed by atoms with Crippen LogP contribution in [-0.4, -0.2) is 45.5 Å². The maximum atomic E-state index is 15.2. The van der Waals surface area contributed by atoms with E-state index in [4.69, 9.17) is 26.6 Å². The fraction of sp³-hybridized carbons (Fsp3) is 0.226. The summed E-state index contributed by atoms with van der Waals surface area (Å²) in [4.78, 5) is 17.9. The molecule has 0 bridgehead atoms. The molecule has 0 unspecified atom stereocenters. The average molecular weight is 622 g/mol. The third-order valence-electron chi connectivity index (χ3n) is 7.10. The Hall–Kier alpha value is -4.37. The molecule has 5 rings (SSSR count). The van der Waals surface area contributed by atoms with Crippen LogP contribution in [0, 0.1) is 23.0 Å². The lowest BCUT2D eigenvalue weighted by molar-refractivity contribution is -0.131. The van der Waals surface area contributed by atoms with E-state index in [0.29, 0.717) is 27.8 Å². The first-order valence-electron chi connectivity index (χ1n) is 13.2. The van der Waals surface area contributed by atoms with Crippen molar-refractivity contribution in [3.05, 3.63) is 104 Å². The van der Waals surface area contributed by atoms with Gasteiger partial charge in [-0.05, 0) is 35.9 Å². The molecule has 0 aliphatic carbocycles. The molecule has 8 nitrogen and oxygen atoms in total. The number of carbonyl (C=O) groups is 1. The summed E-state index contributed by atoms with van der Waals surface area (Å²) in [5.41, 5.74) is 0.905. The topological polar surface area (TPSA) is 102 Å². The first-order chi connectivity index (χ1) is 20.5. The monoisotopic (exact) mass is 621 g/mol. The van der Waals surface area contributed by atoms with Crippen LogP contribution >= 0.6 is 22.9 Å². The van der Waals surface area contributed by atoms with Gasteiger partial charge in [0.25, 0.3) is 0 Å². The van der Waals surface area contributed by atoms with Crippen LogP contribution in [0.3, 0.4) is 0 Å². The molecule has 3 aromatic carbocycles. The number of thiazole rings is 1. The molecular weight excluding hydrogens is 596 g/mol. The highest BCUT2D eigenvalue weighted by atomic mass is 35.5. The Morgan fingerprint density at radius 3 is 2.65 bits per heavy atom. The summed E-state index contributed by atoms with van der Waals surface area (Å²) in [6, 6.07) is 17.3. The number of β-amino-alcohol motifs (C(OH)–C–C–N with tert-alkyl or cyclic N) is 1. The standard InChI is InChI=1S/C31H26ClF2N5O3S/c1-19(30-37-28(15-43-30)23-6-3-21(13-35)4-7-23)31(41,25-9-8-24(33)12-27(25)34)16-39-18-38(17-36-39)14-22-5-10-29(26(32)11-22)42-20(2)40/h3-12,15,17,19,41H,14,16,18H2,1-2H3/t19-,31+/m0/s1. The Morgan fingerprint density at radius 1 is 1.21 bits per heavy atom. The van der Waals surface area contributed by atoms with Gasteiger partial charge in [-0.3, -0.25) is 9.80 Å². The zero-order valence-corrected chi connectivity index (χ0v) is 24.7. The van der Waals surface area contributed by atoms with E-state index in [9.17, 15) is 14.3 Å². The van der Waals surface area contributed by atoms with Crippen LogP contribution in [0.4, 0.5) is 8.78 Å². The number of hydrogen-bond acceptors (Lipinski definition) is 9. The highest BCUT2D eigenvalue weighted by Gasteiger charge is 2.43. The van der Waals surface area contributed by atoms with E-state index in [1.54, 1.807) is 60.7 Å². The maximum Gasteiger partial charge on any atom is 0.308 e. The molecule has 0 saturated heterocycles. The first-order valence-corrected chi connectivity index (χ1v) is 14.5. The van der Waals surface area contributed by atoms with Crippen LogP contribution in [0.5, 0.6) is 5.75 Å². The van der Waals surface area contributed by atoms with Crippen molar-refractivity contribution in [3.8, 4) is 23.1 Å². The SMILES string of the molecule is CC(=O)Oc1ccc(CN2C=NN(C[C@](O)(c3ccc(F)cc3F)[C@@H](C)c3nc(-c4ccc(C#N)cc4)cs3)C2)cc1Cl. The quantitative estimate of drug-likeness (QED) is 0.174. The summed E-state index contributed by atoms with van der Waals surface area (Å²) in [6.07, 6.45) is 1.60. The van der Waals surface area contributed by atoms with E-state index < -0.39 is 29.1 Å². The van der Waals surface area contributed by atoms with Crippen LogP contribution in [-0.2, 0) is 16.9 Å². The van der Waals surface area contributed by atoms with Gasteiger partial charge in [0, 0.05) is 42.0 Å². The maximum absolute atomic E-state index is 15.2. The zero-order chi connectivity index (χ0) is 30.7. The third-order valence-corrected chi connectivity index (χ3v) is 8.42. The molecule has 2 atom stereocenters. The summed E-state index contributed by atoms with van der Waals surface area (Å²) in [5, 5.41) is 30.0. The summed E-state index contributed by atoms with van der Waals surface area (Å²) >= 11 is 7.58. The van der Waals surface area contributed by atoms with Crippen molar-refractivity contribution in [2.24, 2.45) is 5.10 Å². The van der Waals surface area contributed by atoms with Crippen molar-refractivity contribution in [2.75, 3.05) is 13.2 Å². The minimum atomic E-state index is -1.83. The van der Waals surface area contributed by atoms with Gasteiger partial charge in [-0.2, -0.15) is 10.4 Å². The molecule has 12 heteroatoms. The van der Waals surface area contributed by atoms with E-state index >= 15 is 4.39 Å². The fourth-order valence-electron chi connectivity index (χ4n) is 4.84. The van der Waals surface area contributed by atoms with Crippen molar-refractivity contribution in [3.63, 3.8) is 0 Å². The number of benzene rings is 3. The number of halogens is 3. The van der Waals surface area contributed by atoms with Gasteiger partial charge in [0.1, 0.15) is 36.0 Å².